The Hall–Kier alpha value is -3.44. The molecule has 0 radical (unpaired) electrons. The maximum atomic E-state index is 12.5. The lowest BCUT2D eigenvalue weighted by molar-refractivity contribution is 0.0950. The molecule has 2 fully saturated rings. The van der Waals surface area contributed by atoms with Crippen molar-refractivity contribution in [3.05, 3.63) is 101 Å². The van der Waals surface area contributed by atoms with Gasteiger partial charge >= 0.3 is 0 Å². The first-order valence-electron chi connectivity index (χ1n) is 11.7. The molecule has 0 aromatic heterocycles. The van der Waals surface area contributed by atoms with Crippen LogP contribution in [0, 0.1) is 0 Å². The molecule has 33 heavy (non-hydrogen) atoms. The maximum Gasteiger partial charge on any atom is 0.255 e. The van der Waals surface area contributed by atoms with E-state index in [1.165, 1.54) is 24.0 Å². The van der Waals surface area contributed by atoms with Crippen molar-refractivity contribution in [1.82, 2.24) is 10.2 Å². The predicted molar refractivity (Wildman–Crippen MR) is 130 cm³/mol. The summed E-state index contributed by atoms with van der Waals surface area (Å²) < 4.78 is 0. The van der Waals surface area contributed by atoms with E-state index in [1.807, 2.05) is 66.7 Å². The first-order chi connectivity index (χ1) is 16.1. The Morgan fingerprint density at radius 2 is 1.24 bits per heavy atom. The van der Waals surface area contributed by atoms with Crippen LogP contribution >= 0.6 is 0 Å². The number of hydrogen-bond acceptors (Lipinski definition) is 3. The van der Waals surface area contributed by atoms with Crippen LogP contribution in [-0.4, -0.2) is 28.8 Å². The summed E-state index contributed by atoms with van der Waals surface area (Å²) in [5, 5.41) is 5.97. The first kappa shape index (κ1) is 21.4. The second-order valence-electron chi connectivity index (χ2n) is 9.10. The molecule has 0 heterocycles. The number of rotatable bonds is 9. The van der Waals surface area contributed by atoms with Gasteiger partial charge in [0.1, 0.15) is 0 Å². The van der Waals surface area contributed by atoms with E-state index in [0.29, 0.717) is 17.6 Å². The van der Waals surface area contributed by atoms with Crippen LogP contribution in [0.5, 0.6) is 0 Å². The smallest absolute Gasteiger partial charge is 0.255 e. The second kappa shape index (κ2) is 9.59. The van der Waals surface area contributed by atoms with Gasteiger partial charge < -0.3 is 10.6 Å². The number of benzene rings is 3. The Morgan fingerprint density at radius 1 is 0.697 bits per heavy atom. The van der Waals surface area contributed by atoms with Crippen molar-refractivity contribution >= 4 is 17.5 Å². The number of nitrogens with one attached hydrogen (secondary N) is 2. The van der Waals surface area contributed by atoms with Crippen LogP contribution in [0.15, 0.2) is 78.9 Å². The molecule has 3 aromatic rings. The molecule has 0 unspecified atom stereocenters. The normalized spacial score (nSPS) is 15.3. The van der Waals surface area contributed by atoms with Gasteiger partial charge in [-0.1, -0.05) is 42.5 Å². The van der Waals surface area contributed by atoms with E-state index in [2.05, 4.69) is 27.7 Å². The van der Waals surface area contributed by atoms with E-state index >= 15 is 0 Å². The average molecular weight is 440 g/mol. The largest absolute Gasteiger partial charge is 0.349 e. The van der Waals surface area contributed by atoms with Crippen molar-refractivity contribution in [2.45, 2.75) is 50.9 Å². The van der Waals surface area contributed by atoms with E-state index < -0.39 is 0 Å². The van der Waals surface area contributed by atoms with Gasteiger partial charge in [0.25, 0.3) is 11.8 Å². The number of carbonyl (C=O) groups is 2. The molecule has 5 rings (SSSR count). The molecule has 2 amide bonds. The van der Waals surface area contributed by atoms with Gasteiger partial charge in [0.15, 0.2) is 0 Å². The SMILES string of the molecule is O=C(Nc1ccccc1)c1ccc(CN(Cc2ccc(C(=O)NC3CC3)cc2)C2CC2)cc1. The number of nitrogens with zero attached hydrogens (tertiary/aromatic N) is 1. The van der Waals surface area contributed by atoms with Crippen molar-refractivity contribution in [2.24, 2.45) is 0 Å². The highest BCUT2D eigenvalue weighted by atomic mass is 16.2. The summed E-state index contributed by atoms with van der Waals surface area (Å²) in [6.07, 6.45) is 4.64. The summed E-state index contributed by atoms with van der Waals surface area (Å²) in [6, 6.07) is 26.3. The lowest BCUT2D eigenvalue weighted by Crippen LogP contribution is -2.26. The van der Waals surface area contributed by atoms with Gasteiger partial charge in [-0.25, -0.2) is 0 Å². The summed E-state index contributed by atoms with van der Waals surface area (Å²) >= 11 is 0. The standard InChI is InChI=1S/C28H29N3O2/c32-27(29-24-4-2-1-3-5-24)22-10-6-20(7-11-22)18-31(26-16-17-26)19-21-8-12-23(13-9-21)28(33)30-25-14-15-25/h1-13,25-26H,14-19H2,(H,29,32)(H,30,33). The third-order valence-electron chi connectivity index (χ3n) is 6.21. The molecule has 0 atom stereocenters. The highest BCUT2D eigenvalue weighted by Crippen LogP contribution is 2.30. The second-order valence-corrected chi connectivity index (χ2v) is 9.10. The molecule has 0 spiro atoms. The van der Waals surface area contributed by atoms with Crippen molar-refractivity contribution in [3.8, 4) is 0 Å². The lowest BCUT2D eigenvalue weighted by atomic mass is 10.1. The Labute approximate surface area is 194 Å². The molecule has 2 aliphatic rings. The Balaban J connectivity index is 1.19. The third kappa shape index (κ3) is 5.88. The van der Waals surface area contributed by atoms with Crippen LogP contribution in [0.2, 0.25) is 0 Å². The highest BCUT2D eigenvalue weighted by Gasteiger charge is 2.29. The summed E-state index contributed by atoms with van der Waals surface area (Å²) in [6.45, 7) is 1.70. The van der Waals surface area contributed by atoms with Crippen LogP contribution in [0.4, 0.5) is 5.69 Å². The zero-order valence-corrected chi connectivity index (χ0v) is 18.7. The quantitative estimate of drug-likeness (QED) is 0.493. The number of anilines is 1. The van der Waals surface area contributed by atoms with Crippen molar-refractivity contribution in [3.63, 3.8) is 0 Å². The molecule has 0 aliphatic heterocycles. The molecule has 2 aliphatic carbocycles. The molecule has 5 heteroatoms. The molecular weight excluding hydrogens is 410 g/mol. The number of carbonyl (C=O) groups excluding carboxylic acids is 2. The summed E-state index contributed by atoms with van der Waals surface area (Å²) in [4.78, 5) is 27.2. The van der Waals surface area contributed by atoms with Crippen LogP contribution < -0.4 is 10.6 Å². The molecule has 3 aromatic carbocycles. The molecular formula is C28H29N3O2. The molecule has 0 saturated heterocycles. The van der Waals surface area contributed by atoms with E-state index in [1.54, 1.807) is 0 Å². The average Bonchev–Trinajstić information content (AvgIpc) is 3.75. The molecule has 168 valence electrons. The van der Waals surface area contributed by atoms with Crippen LogP contribution in [0.25, 0.3) is 0 Å². The Kier molecular flexibility index (Phi) is 6.22. The number of para-hydroxylation sites is 1. The van der Waals surface area contributed by atoms with E-state index in [-0.39, 0.29) is 11.8 Å². The Bertz CT molecular complexity index is 1100. The van der Waals surface area contributed by atoms with Gasteiger partial charge in [0, 0.05) is 42.0 Å². The number of hydrogen-bond donors (Lipinski definition) is 2. The summed E-state index contributed by atoms with van der Waals surface area (Å²) in [5.41, 5.74) is 4.58. The minimum Gasteiger partial charge on any atom is -0.349 e. The fourth-order valence-electron chi connectivity index (χ4n) is 3.97. The Morgan fingerprint density at radius 3 is 1.76 bits per heavy atom. The van der Waals surface area contributed by atoms with Gasteiger partial charge in [-0.05, 0) is 73.2 Å². The number of amides is 2. The van der Waals surface area contributed by atoms with Crippen molar-refractivity contribution in [2.75, 3.05) is 5.32 Å². The predicted octanol–water partition coefficient (Wildman–Crippen LogP) is 5.00. The molecule has 0 bridgehead atoms. The van der Waals surface area contributed by atoms with Crippen LogP contribution in [0.1, 0.15) is 57.5 Å². The van der Waals surface area contributed by atoms with E-state index in [9.17, 15) is 9.59 Å². The summed E-state index contributed by atoms with van der Waals surface area (Å²) in [7, 11) is 0. The minimum absolute atomic E-state index is 0.0273. The zero-order valence-electron chi connectivity index (χ0n) is 18.7. The van der Waals surface area contributed by atoms with Gasteiger partial charge in [0.05, 0.1) is 0 Å². The molecule has 2 N–H and O–H groups in total. The van der Waals surface area contributed by atoms with Crippen LogP contribution in [-0.2, 0) is 13.1 Å². The molecule has 5 nitrogen and oxygen atoms in total. The van der Waals surface area contributed by atoms with Crippen molar-refractivity contribution < 1.29 is 9.59 Å². The van der Waals surface area contributed by atoms with Crippen molar-refractivity contribution in [1.29, 1.82) is 0 Å². The van der Waals surface area contributed by atoms with E-state index in [4.69, 9.17) is 0 Å². The minimum atomic E-state index is -0.0994. The van der Waals surface area contributed by atoms with E-state index in [0.717, 1.165) is 37.2 Å². The topological polar surface area (TPSA) is 61.4 Å². The lowest BCUT2D eigenvalue weighted by Gasteiger charge is -2.22. The summed E-state index contributed by atoms with van der Waals surface area (Å²) in [5.74, 6) is -0.0721. The maximum absolute atomic E-state index is 12.5. The fraction of sp³-hybridized carbons (Fsp3) is 0.286. The van der Waals surface area contributed by atoms with Gasteiger partial charge in [-0.3, -0.25) is 14.5 Å². The fourth-order valence-corrected chi connectivity index (χ4v) is 3.97. The first-order valence-corrected chi connectivity index (χ1v) is 11.7. The zero-order chi connectivity index (χ0) is 22.6. The third-order valence-corrected chi connectivity index (χ3v) is 6.21. The molecule has 2 saturated carbocycles. The van der Waals surface area contributed by atoms with Gasteiger partial charge in [-0.15, -0.1) is 0 Å². The van der Waals surface area contributed by atoms with Gasteiger partial charge in [0.2, 0.25) is 0 Å². The van der Waals surface area contributed by atoms with Crippen LogP contribution in [0.3, 0.4) is 0 Å². The monoisotopic (exact) mass is 439 g/mol. The van der Waals surface area contributed by atoms with Gasteiger partial charge in [-0.2, -0.15) is 0 Å². The highest BCUT2D eigenvalue weighted by molar-refractivity contribution is 6.04.